The van der Waals surface area contributed by atoms with E-state index in [4.69, 9.17) is 26.5 Å². The van der Waals surface area contributed by atoms with Gasteiger partial charge < -0.3 is 24.7 Å². The first-order valence-electron chi connectivity index (χ1n) is 11.9. The van der Waals surface area contributed by atoms with Crippen LogP contribution in [0.4, 0.5) is 14.9 Å². The topological polar surface area (TPSA) is 149 Å². The molecule has 11 nitrogen and oxygen atoms in total. The van der Waals surface area contributed by atoms with Crippen molar-refractivity contribution in [3.05, 3.63) is 69.8 Å². The van der Waals surface area contributed by atoms with E-state index in [0.29, 0.717) is 41.9 Å². The summed E-state index contributed by atoms with van der Waals surface area (Å²) >= 11 is 5.97. The molecule has 0 aliphatic carbocycles. The van der Waals surface area contributed by atoms with Gasteiger partial charge in [0.1, 0.15) is 11.5 Å². The van der Waals surface area contributed by atoms with Crippen molar-refractivity contribution < 1.29 is 31.6 Å². The number of hydrogen-bond acceptors (Lipinski definition) is 9. The van der Waals surface area contributed by atoms with Gasteiger partial charge in [0.15, 0.2) is 0 Å². The van der Waals surface area contributed by atoms with Gasteiger partial charge in [0.2, 0.25) is 15.7 Å². The zero-order valence-electron chi connectivity index (χ0n) is 20.6. The number of anilines is 1. The van der Waals surface area contributed by atoms with E-state index in [1.54, 1.807) is 29.2 Å². The summed E-state index contributed by atoms with van der Waals surface area (Å²) in [6.45, 7) is 0.790. The molecule has 3 heterocycles. The highest BCUT2D eigenvalue weighted by atomic mass is 35.5. The van der Waals surface area contributed by atoms with Crippen LogP contribution in [0.15, 0.2) is 56.8 Å². The molecule has 0 unspecified atom stereocenters. The molecule has 14 heteroatoms. The van der Waals surface area contributed by atoms with Crippen LogP contribution in [0.5, 0.6) is 0 Å². The second kappa shape index (κ2) is 10.3. The molecule has 0 radical (unpaired) electrons. The Morgan fingerprint density at radius 3 is 2.56 bits per heavy atom. The molecule has 1 saturated heterocycles. The fraction of sp³-hybridized carbons (Fsp3) is 0.280. The number of nitrogens with two attached hydrogens (primary N) is 1. The molecule has 1 aromatic heterocycles. The Bertz CT molecular complexity index is 1580. The lowest BCUT2D eigenvalue weighted by molar-refractivity contribution is -0.115. The lowest BCUT2D eigenvalue weighted by atomic mass is 9.97. The molecule has 2 amide bonds. The van der Waals surface area contributed by atoms with E-state index in [-0.39, 0.29) is 35.5 Å². The number of carbonyl (C=O) groups is 2. The molecular formula is C25H23ClFN5O6S. The number of hydrogen-bond donors (Lipinski definition) is 1. The molecule has 2 aliphatic heterocycles. The standard InChI is InChI=1S/C25H23ClFN5O6S/c1-37-25(34)31-8-6-15(7-9-31)22-29-30-23(38-22)17-10-20-21(11-18(17)27)39(35,36)13-19(28)24(33)32(20)12-14-2-4-16(26)5-3-14/h2-5,10-11,13,15H,6-9,12,28H2,1H3. The number of rotatable bonds is 4. The number of aromatic nitrogens is 2. The second-order valence-corrected chi connectivity index (χ2v) is 11.3. The largest absolute Gasteiger partial charge is 0.453 e. The molecular weight excluding hydrogens is 553 g/mol. The molecule has 3 aromatic rings. The third kappa shape index (κ3) is 5.19. The maximum Gasteiger partial charge on any atom is 0.409 e. The lowest BCUT2D eigenvalue weighted by Crippen LogP contribution is -2.37. The van der Waals surface area contributed by atoms with Crippen LogP contribution in [0.3, 0.4) is 0 Å². The van der Waals surface area contributed by atoms with Crippen LogP contribution in [0.2, 0.25) is 5.02 Å². The predicted octanol–water partition coefficient (Wildman–Crippen LogP) is 3.60. The maximum atomic E-state index is 15.3. The number of amides is 2. The summed E-state index contributed by atoms with van der Waals surface area (Å²) in [5.74, 6) is -1.78. The summed E-state index contributed by atoms with van der Waals surface area (Å²) in [4.78, 5) is 27.2. The Morgan fingerprint density at radius 1 is 1.21 bits per heavy atom. The minimum absolute atomic E-state index is 0.0635. The highest BCUT2D eigenvalue weighted by Crippen LogP contribution is 2.38. The van der Waals surface area contributed by atoms with Gasteiger partial charge in [-0.3, -0.25) is 4.79 Å². The first kappa shape index (κ1) is 26.6. The van der Waals surface area contributed by atoms with Crippen LogP contribution in [0, 0.1) is 5.82 Å². The highest BCUT2D eigenvalue weighted by molar-refractivity contribution is 7.94. The molecule has 0 atom stereocenters. The van der Waals surface area contributed by atoms with Crippen LogP contribution in [-0.4, -0.2) is 55.7 Å². The van der Waals surface area contributed by atoms with Crippen LogP contribution >= 0.6 is 11.6 Å². The van der Waals surface area contributed by atoms with Crippen LogP contribution in [0.1, 0.15) is 30.2 Å². The van der Waals surface area contributed by atoms with Crippen molar-refractivity contribution in [3.63, 3.8) is 0 Å². The Hall–Kier alpha value is -3.97. The molecule has 0 bridgehead atoms. The van der Waals surface area contributed by atoms with Crippen molar-refractivity contribution in [1.29, 1.82) is 0 Å². The van der Waals surface area contributed by atoms with Gasteiger partial charge in [-0.1, -0.05) is 23.7 Å². The second-order valence-electron chi connectivity index (χ2n) is 9.11. The summed E-state index contributed by atoms with van der Waals surface area (Å²) in [6, 6.07) is 8.61. The average Bonchev–Trinajstić information content (AvgIpc) is 3.39. The lowest BCUT2D eigenvalue weighted by Gasteiger charge is -2.29. The summed E-state index contributed by atoms with van der Waals surface area (Å²) in [5.41, 5.74) is 5.67. The number of piperidine rings is 1. The number of benzene rings is 2. The van der Waals surface area contributed by atoms with Gasteiger partial charge in [0.25, 0.3) is 11.8 Å². The highest BCUT2D eigenvalue weighted by Gasteiger charge is 2.34. The molecule has 2 aliphatic rings. The van der Waals surface area contributed by atoms with Crippen molar-refractivity contribution in [3.8, 4) is 11.5 Å². The third-order valence-electron chi connectivity index (χ3n) is 6.62. The molecule has 1 fully saturated rings. The Kier molecular flexibility index (Phi) is 7.03. The van der Waals surface area contributed by atoms with Gasteiger partial charge in [-0.25, -0.2) is 17.6 Å². The molecule has 0 spiro atoms. The Morgan fingerprint density at radius 2 is 1.90 bits per heavy atom. The first-order valence-corrected chi connectivity index (χ1v) is 13.8. The fourth-order valence-corrected chi connectivity index (χ4v) is 5.98. The van der Waals surface area contributed by atoms with Gasteiger partial charge in [-0.2, -0.15) is 0 Å². The van der Waals surface area contributed by atoms with Gasteiger partial charge >= 0.3 is 6.09 Å². The summed E-state index contributed by atoms with van der Waals surface area (Å²) in [7, 11) is -2.95. The number of nitrogens with zero attached hydrogens (tertiary/aromatic N) is 4. The molecule has 39 heavy (non-hydrogen) atoms. The number of halogens is 2. The van der Waals surface area contributed by atoms with Gasteiger partial charge in [-0.15, -0.1) is 10.2 Å². The van der Waals surface area contributed by atoms with Gasteiger partial charge in [0.05, 0.1) is 35.2 Å². The fourth-order valence-electron chi connectivity index (χ4n) is 4.57. The smallest absolute Gasteiger partial charge is 0.409 e. The molecule has 204 valence electrons. The number of methoxy groups -OCH3 is 1. The monoisotopic (exact) mass is 575 g/mol. The predicted molar refractivity (Wildman–Crippen MR) is 138 cm³/mol. The zero-order valence-corrected chi connectivity index (χ0v) is 22.2. The first-order chi connectivity index (χ1) is 18.6. The van der Waals surface area contributed by atoms with Crippen molar-refractivity contribution >= 4 is 39.1 Å². The summed E-state index contributed by atoms with van der Waals surface area (Å²) in [6.07, 6.45) is 0.654. The van der Waals surface area contributed by atoms with Crippen molar-refractivity contribution in [1.82, 2.24) is 15.1 Å². The van der Waals surface area contributed by atoms with Crippen LogP contribution < -0.4 is 10.6 Å². The number of likely N-dealkylation sites (tertiary alicyclic amines) is 1. The Balaban J connectivity index is 1.51. The zero-order chi connectivity index (χ0) is 27.9. The molecule has 2 N–H and O–H groups in total. The quantitative estimate of drug-likeness (QED) is 0.492. The maximum absolute atomic E-state index is 15.3. The van der Waals surface area contributed by atoms with E-state index in [1.165, 1.54) is 13.2 Å². The van der Waals surface area contributed by atoms with E-state index >= 15 is 4.39 Å². The average molecular weight is 576 g/mol. The molecule has 0 saturated carbocycles. The minimum atomic E-state index is -4.26. The SMILES string of the molecule is COC(=O)N1CCC(c2nnc(-c3cc4c(cc3F)S(=O)(=O)C=C(N)C(=O)N4Cc3ccc(Cl)cc3)o2)CC1. The van der Waals surface area contributed by atoms with Gasteiger partial charge in [0, 0.05) is 24.0 Å². The Labute approximate surface area is 227 Å². The summed E-state index contributed by atoms with van der Waals surface area (Å²) < 4.78 is 51.9. The molecule has 2 aromatic carbocycles. The number of ether oxygens (including phenoxy) is 1. The third-order valence-corrected chi connectivity index (χ3v) is 8.38. The number of carbonyl (C=O) groups excluding carboxylic acids is 2. The van der Waals surface area contributed by atoms with E-state index in [0.717, 1.165) is 11.0 Å². The van der Waals surface area contributed by atoms with Crippen molar-refractivity contribution in [2.75, 3.05) is 25.1 Å². The number of sulfone groups is 1. The minimum Gasteiger partial charge on any atom is -0.453 e. The summed E-state index contributed by atoms with van der Waals surface area (Å²) in [5, 5.41) is 9.16. The van der Waals surface area contributed by atoms with Crippen molar-refractivity contribution in [2.24, 2.45) is 5.73 Å². The molecule has 5 rings (SSSR count). The number of fused-ring (bicyclic) bond motifs is 1. The van der Waals surface area contributed by atoms with Gasteiger partial charge in [-0.05, 0) is 42.7 Å². The van der Waals surface area contributed by atoms with E-state index in [1.807, 2.05) is 0 Å². The van der Waals surface area contributed by atoms with E-state index in [2.05, 4.69) is 10.2 Å². The van der Waals surface area contributed by atoms with Crippen molar-refractivity contribution in [2.45, 2.75) is 30.2 Å². The van der Waals surface area contributed by atoms with Crippen LogP contribution in [0.25, 0.3) is 11.5 Å². The van der Waals surface area contributed by atoms with Crippen LogP contribution in [-0.2, 0) is 25.9 Å². The normalized spacial score (nSPS) is 17.4. The van der Waals surface area contributed by atoms with E-state index in [9.17, 15) is 18.0 Å². The van der Waals surface area contributed by atoms with E-state index < -0.39 is 38.2 Å².